The maximum Gasteiger partial charge on any atom is 0.258 e. The highest BCUT2D eigenvalue weighted by Gasteiger charge is 2.25. The third-order valence-corrected chi connectivity index (χ3v) is 7.92. The summed E-state index contributed by atoms with van der Waals surface area (Å²) in [5.74, 6) is 0.821. The van der Waals surface area contributed by atoms with E-state index >= 15 is 0 Å². The van der Waals surface area contributed by atoms with Crippen molar-refractivity contribution in [2.24, 2.45) is 0 Å². The molecule has 4 aromatic rings. The lowest BCUT2D eigenvalue weighted by Crippen LogP contribution is -2.44. The van der Waals surface area contributed by atoms with Gasteiger partial charge in [0.1, 0.15) is 5.52 Å². The minimum Gasteiger partial charge on any atom is -0.369 e. The second kappa shape index (κ2) is 10.7. The fraction of sp³-hybridized carbons (Fsp3) is 0.357. The van der Waals surface area contributed by atoms with E-state index in [-0.39, 0.29) is 11.9 Å². The second-order valence-electron chi connectivity index (χ2n) is 10.1. The van der Waals surface area contributed by atoms with Gasteiger partial charge in [0.05, 0.1) is 6.20 Å². The standard InChI is InChI=1S/C28H31BrN8O/c1-35-13-15-36(16-14-35)22-11-9-21(10-12-22)31-27-30-18-24-25(33-27)37(23-7-2-3-8-23)28(32-24)34-26(38)19-5-4-6-20(29)17-19/h4-6,9-12,17-18,23H,2-3,7-8,13-16H2,1H3,(H,30,31,33)(H,32,34,38). The summed E-state index contributed by atoms with van der Waals surface area (Å²) in [7, 11) is 2.17. The number of aromatic nitrogens is 4. The van der Waals surface area contributed by atoms with Gasteiger partial charge in [0, 0.05) is 53.6 Å². The summed E-state index contributed by atoms with van der Waals surface area (Å²) < 4.78 is 2.94. The van der Waals surface area contributed by atoms with E-state index in [2.05, 4.69) is 77.2 Å². The van der Waals surface area contributed by atoms with Crippen molar-refractivity contribution in [3.8, 4) is 0 Å². The maximum absolute atomic E-state index is 13.0. The molecule has 9 nitrogen and oxygen atoms in total. The fourth-order valence-corrected chi connectivity index (χ4v) is 5.70. The Morgan fingerprint density at radius 1 is 1.00 bits per heavy atom. The zero-order valence-corrected chi connectivity index (χ0v) is 23.0. The summed E-state index contributed by atoms with van der Waals surface area (Å²) in [6.07, 6.45) is 6.10. The minimum atomic E-state index is -0.201. The number of nitrogens with zero attached hydrogens (tertiary/aromatic N) is 6. The first-order valence-corrected chi connectivity index (χ1v) is 14.0. The molecule has 1 saturated heterocycles. The number of benzene rings is 2. The van der Waals surface area contributed by atoms with Crippen molar-refractivity contribution in [1.82, 2.24) is 24.4 Å². The van der Waals surface area contributed by atoms with Gasteiger partial charge in [-0.15, -0.1) is 0 Å². The number of amides is 1. The molecule has 2 fully saturated rings. The number of hydrogen-bond acceptors (Lipinski definition) is 7. The van der Waals surface area contributed by atoms with E-state index in [1.54, 1.807) is 18.3 Å². The SMILES string of the molecule is CN1CCN(c2ccc(Nc3ncc4nc(NC(=O)c5cccc(Br)c5)n(C5CCCC5)c4n3)cc2)CC1. The predicted octanol–water partition coefficient (Wildman–Crippen LogP) is 5.45. The van der Waals surface area contributed by atoms with Crippen molar-refractivity contribution in [2.45, 2.75) is 31.7 Å². The third kappa shape index (κ3) is 5.23. The van der Waals surface area contributed by atoms with Crippen LogP contribution in [0, 0.1) is 0 Å². The fourth-order valence-electron chi connectivity index (χ4n) is 5.30. The van der Waals surface area contributed by atoms with Gasteiger partial charge in [0.15, 0.2) is 5.65 Å². The number of nitrogens with one attached hydrogen (secondary N) is 2. The van der Waals surface area contributed by atoms with Crippen LogP contribution in [-0.2, 0) is 0 Å². The van der Waals surface area contributed by atoms with Crippen LogP contribution in [0.1, 0.15) is 42.1 Å². The van der Waals surface area contributed by atoms with E-state index in [1.807, 2.05) is 12.1 Å². The van der Waals surface area contributed by atoms with Crippen molar-refractivity contribution in [2.75, 3.05) is 48.8 Å². The summed E-state index contributed by atoms with van der Waals surface area (Å²) in [4.78, 5) is 31.9. The summed E-state index contributed by atoms with van der Waals surface area (Å²) >= 11 is 3.44. The molecule has 10 heteroatoms. The zero-order chi connectivity index (χ0) is 26.1. The van der Waals surface area contributed by atoms with Crippen LogP contribution in [0.5, 0.6) is 0 Å². The van der Waals surface area contributed by atoms with Crippen LogP contribution in [0.25, 0.3) is 11.2 Å². The van der Waals surface area contributed by atoms with Gasteiger partial charge in [-0.05, 0) is 62.4 Å². The smallest absolute Gasteiger partial charge is 0.258 e. The van der Waals surface area contributed by atoms with Crippen LogP contribution in [0.3, 0.4) is 0 Å². The summed E-state index contributed by atoms with van der Waals surface area (Å²) in [5.41, 5.74) is 4.12. The monoisotopic (exact) mass is 574 g/mol. The molecule has 2 aromatic carbocycles. The Hall–Kier alpha value is -3.50. The van der Waals surface area contributed by atoms with Gasteiger partial charge in [-0.25, -0.2) is 9.97 Å². The first kappa shape index (κ1) is 24.8. The van der Waals surface area contributed by atoms with Crippen molar-refractivity contribution in [1.29, 1.82) is 0 Å². The molecule has 1 aliphatic heterocycles. The third-order valence-electron chi connectivity index (χ3n) is 7.43. The number of halogens is 1. The molecular formula is C28H31BrN8O. The average molecular weight is 576 g/mol. The average Bonchev–Trinajstić information content (AvgIpc) is 3.57. The molecule has 0 spiro atoms. The predicted molar refractivity (Wildman–Crippen MR) is 154 cm³/mol. The molecule has 1 saturated carbocycles. The number of carbonyl (C=O) groups is 1. The van der Waals surface area contributed by atoms with Crippen LogP contribution < -0.4 is 15.5 Å². The second-order valence-corrected chi connectivity index (χ2v) is 11.0. The van der Waals surface area contributed by atoms with Crippen LogP contribution >= 0.6 is 15.9 Å². The van der Waals surface area contributed by atoms with E-state index in [4.69, 9.17) is 9.97 Å². The van der Waals surface area contributed by atoms with Gasteiger partial charge in [0.2, 0.25) is 11.9 Å². The number of piperazine rings is 1. The van der Waals surface area contributed by atoms with Crippen molar-refractivity contribution in [3.05, 3.63) is 64.8 Å². The van der Waals surface area contributed by atoms with Crippen LogP contribution in [-0.4, -0.2) is 63.6 Å². The normalized spacial score (nSPS) is 16.7. The Kier molecular flexibility index (Phi) is 6.99. The van der Waals surface area contributed by atoms with Gasteiger partial charge in [-0.2, -0.15) is 4.98 Å². The molecular weight excluding hydrogens is 544 g/mol. The number of anilines is 4. The largest absolute Gasteiger partial charge is 0.369 e. The van der Waals surface area contributed by atoms with E-state index in [0.717, 1.165) is 67.7 Å². The summed E-state index contributed by atoms with van der Waals surface area (Å²) in [6, 6.07) is 16.0. The molecule has 1 amide bonds. The molecule has 1 aliphatic carbocycles. The Balaban J connectivity index is 1.25. The number of hydrogen-bond donors (Lipinski definition) is 2. The molecule has 0 bridgehead atoms. The number of carbonyl (C=O) groups excluding carboxylic acids is 1. The molecule has 6 rings (SSSR count). The van der Waals surface area contributed by atoms with Gasteiger partial charge in [-0.3, -0.25) is 14.7 Å². The first-order valence-electron chi connectivity index (χ1n) is 13.2. The molecule has 0 unspecified atom stereocenters. The minimum absolute atomic E-state index is 0.201. The van der Waals surface area contributed by atoms with Crippen molar-refractivity contribution >= 4 is 56.3 Å². The van der Waals surface area contributed by atoms with Crippen LogP contribution in [0.15, 0.2) is 59.2 Å². The maximum atomic E-state index is 13.0. The Bertz CT molecular complexity index is 1440. The number of imidazole rings is 1. The topological polar surface area (TPSA) is 91.2 Å². The van der Waals surface area contributed by atoms with Gasteiger partial charge in [0.25, 0.3) is 5.91 Å². The summed E-state index contributed by atoms with van der Waals surface area (Å²) in [5, 5.41) is 6.38. The number of fused-ring (bicyclic) bond motifs is 1. The number of rotatable bonds is 6. The van der Waals surface area contributed by atoms with Gasteiger partial charge >= 0.3 is 0 Å². The highest BCUT2D eigenvalue weighted by molar-refractivity contribution is 9.10. The first-order chi connectivity index (χ1) is 18.5. The van der Waals surface area contributed by atoms with E-state index in [9.17, 15) is 4.79 Å². The molecule has 3 heterocycles. The lowest BCUT2D eigenvalue weighted by Gasteiger charge is -2.34. The Labute approximate surface area is 230 Å². The van der Waals surface area contributed by atoms with E-state index < -0.39 is 0 Å². The molecule has 0 atom stereocenters. The molecule has 2 aliphatic rings. The van der Waals surface area contributed by atoms with Crippen LogP contribution in [0.4, 0.5) is 23.3 Å². The zero-order valence-electron chi connectivity index (χ0n) is 21.4. The molecule has 2 aromatic heterocycles. The molecule has 0 radical (unpaired) electrons. The lowest BCUT2D eigenvalue weighted by molar-refractivity contribution is 0.102. The molecule has 196 valence electrons. The van der Waals surface area contributed by atoms with Gasteiger partial charge < -0.3 is 15.1 Å². The lowest BCUT2D eigenvalue weighted by atomic mass is 10.2. The van der Waals surface area contributed by atoms with Crippen molar-refractivity contribution < 1.29 is 4.79 Å². The highest BCUT2D eigenvalue weighted by atomic mass is 79.9. The molecule has 38 heavy (non-hydrogen) atoms. The van der Waals surface area contributed by atoms with Gasteiger partial charge in [-0.1, -0.05) is 34.8 Å². The summed E-state index contributed by atoms with van der Waals surface area (Å²) in [6.45, 7) is 4.23. The Morgan fingerprint density at radius 3 is 2.50 bits per heavy atom. The highest BCUT2D eigenvalue weighted by Crippen LogP contribution is 2.35. The molecule has 2 N–H and O–H groups in total. The quantitative estimate of drug-likeness (QED) is 0.316. The van der Waals surface area contributed by atoms with E-state index in [1.165, 1.54) is 5.69 Å². The van der Waals surface area contributed by atoms with Crippen molar-refractivity contribution in [3.63, 3.8) is 0 Å². The van der Waals surface area contributed by atoms with E-state index in [0.29, 0.717) is 23.0 Å². The Morgan fingerprint density at radius 2 is 1.76 bits per heavy atom. The van der Waals surface area contributed by atoms with Crippen LogP contribution in [0.2, 0.25) is 0 Å². The number of likely N-dealkylation sites (N-methyl/N-ethyl adjacent to an activating group) is 1.